The summed E-state index contributed by atoms with van der Waals surface area (Å²) in [6, 6.07) is 1.58. The summed E-state index contributed by atoms with van der Waals surface area (Å²) < 4.78 is 24.5. The average molecular weight is 326 g/mol. The Morgan fingerprint density at radius 1 is 1.45 bits per heavy atom. The summed E-state index contributed by atoms with van der Waals surface area (Å²) in [5.74, 6) is -1.23. The second kappa shape index (κ2) is 5.35. The summed E-state index contributed by atoms with van der Waals surface area (Å²) in [6.07, 6.45) is 0.544. The standard InChI is InChI=1S/C14H18N2O5S/c1-8-5-13-12(6-9(2)16(13)11(4)17)10(3)14(8)22(20,21)7-15(18)19/h5,9H,6-7H2,1-4H3. The van der Waals surface area contributed by atoms with Crippen molar-refractivity contribution < 1.29 is 18.1 Å². The highest BCUT2D eigenvalue weighted by molar-refractivity contribution is 7.91. The van der Waals surface area contributed by atoms with Gasteiger partial charge in [-0.25, -0.2) is 8.42 Å². The van der Waals surface area contributed by atoms with Crippen LogP contribution in [0.25, 0.3) is 0 Å². The lowest BCUT2D eigenvalue weighted by Gasteiger charge is -2.21. The molecule has 1 aromatic rings. The van der Waals surface area contributed by atoms with Crippen LogP contribution in [0, 0.1) is 24.0 Å². The summed E-state index contributed by atoms with van der Waals surface area (Å²) >= 11 is 0. The van der Waals surface area contributed by atoms with E-state index < -0.39 is 20.6 Å². The van der Waals surface area contributed by atoms with Crippen LogP contribution in [0.4, 0.5) is 5.69 Å². The molecule has 22 heavy (non-hydrogen) atoms. The molecule has 1 amide bonds. The predicted octanol–water partition coefficient (Wildman–Crippen LogP) is 1.61. The number of nitro groups is 1. The van der Waals surface area contributed by atoms with E-state index in [1.54, 1.807) is 24.8 Å². The molecule has 2 rings (SSSR count). The van der Waals surface area contributed by atoms with E-state index in [-0.39, 0.29) is 16.8 Å². The molecule has 0 saturated carbocycles. The lowest BCUT2D eigenvalue weighted by molar-refractivity contribution is -0.458. The lowest BCUT2D eigenvalue weighted by atomic mass is 10.0. The number of aryl methyl sites for hydroxylation is 1. The lowest BCUT2D eigenvalue weighted by Crippen LogP contribution is -2.33. The van der Waals surface area contributed by atoms with E-state index >= 15 is 0 Å². The highest BCUT2D eigenvalue weighted by Crippen LogP contribution is 2.39. The minimum atomic E-state index is -4.00. The maximum Gasteiger partial charge on any atom is 0.305 e. The van der Waals surface area contributed by atoms with Crippen molar-refractivity contribution in [3.63, 3.8) is 0 Å². The molecule has 1 unspecified atom stereocenters. The summed E-state index contributed by atoms with van der Waals surface area (Å²) in [6.45, 7) is 6.60. The van der Waals surface area contributed by atoms with Crippen molar-refractivity contribution in [3.8, 4) is 0 Å². The number of hydrogen-bond donors (Lipinski definition) is 0. The first kappa shape index (κ1) is 16.4. The number of nitrogens with zero attached hydrogens (tertiary/aromatic N) is 2. The van der Waals surface area contributed by atoms with Crippen molar-refractivity contribution in [1.82, 2.24) is 0 Å². The van der Waals surface area contributed by atoms with Crippen LogP contribution in [0.1, 0.15) is 30.5 Å². The Hall–Kier alpha value is -1.96. The highest BCUT2D eigenvalue weighted by Gasteiger charge is 2.35. The van der Waals surface area contributed by atoms with Gasteiger partial charge in [-0.3, -0.25) is 14.9 Å². The van der Waals surface area contributed by atoms with Gasteiger partial charge in [0.15, 0.2) is 0 Å². The van der Waals surface area contributed by atoms with Crippen LogP contribution in [-0.4, -0.2) is 31.2 Å². The quantitative estimate of drug-likeness (QED) is 0.621. The van der Waals surface area contributed by atoms with Crippen LogP contribution in [0.2, 0.25) is 0 Å². The molecule has 0 fully saturated rings. The first-order valence-corrected chi connectivity index (χ1v) is 8.49. The van der Waals surface area contributed by atoms with E-state index in [4.69, 9.17) is 0 Å². The SMILES string of the molecule is CC(=O)N1c2cc(C)c(S(=O)(=O)C[N+](=O)[O-])c(C)c2CC1C. The Labute approximate surface area is 129 Å². The smallest absolute Gasteiger partial charge is 0.305 e. The number of carbonyl (C=O) groups excluding carboxylic acids is 1. The number of amides is 1. The molecule has 1 aliphatic rings. The highest BCUT2D eigenvalue weighted by atomic mass is 32.2. The van der Waals surface area contributed by atoms with E-state index in [0.717, 1.165) is 5.56 Å². The third kappa shape index (κ3) is 2.58. The Balaban J connectivity index is 2.67. The fourth-order valence-electron chi connectivity index (χ4n) is 3.24. The molecular formula is C14H18N2O5S. The molecule has 1 atom stereocenters. The zero-order valence-corrected chi connectivity index (χ0v) is 13.7. The van der Waals surface area contributed by atoms with Crippen LogP contribution in [0.5, 0.6) is 0 Å². The van der Waals surface area contributed by atoms with Gasteiger partial charge in [0, 0.05) is 23.6 Å². The molecule has 0 saturated heterocycles. The van der Waals surface area contributed by atoms with Crippen molar-refractivity contribution >= 4 is 21.4 Å². The van der Waals surface area contributed by atoms with Gasteiger partial charge in [0.25, 0.3) is 0 Å². The second-order valence-corrected chi connectivity index (χ2v) is 7.56. The van der Waals surface area contributed by atoms with Crippen LogP contribution < -0.4 is 4.90 Å². The number of rotatable bonds is 3. The Morgan fingerprint density at radius 3 is 2.55 bits per heavy atom. The molecule has 120 valence electrons. The number of fused-ring (bicyclic) bond motifs is 1. The first-order chi connectivity index (χ1) is 10.1. The van der Waals surface area contributed by atoms with Crippen molar-refractivity contribution in [3.05, 3.63) is 32.9 Å². The Bertz CT molecular complexity index is 770. The molecule has 0 radical (unpaired) electrons. The van der Waals surface area contributed by atoms with Gasteiger partial charge < -0.3 is 4.90 Å². The van der Waals surface area contributed by atoms with Crippen LogP contribution in [0.3, 0.4) is 0 Å². The summed E-state index contributed by atoms with van der Waals surface area (Å²) in [5.41, 5.74) is 2.41. The molecule has 1 heterocycles. The van der Waals surface area contributed by atoms with Gasteiger partial charge in [0.1, 0.15) is 0 Å². The molecule has 1 aliphatic heterocycles. The maximum absolute atomic E-state index is 12.3. The third-order valence-corrected chi connectivity index (χ3v) is 5.74. The normalized spacial score (nSPS) is 17.5. The maximum atomic E-state index is 12.3. The Morgan fingerprint density at radius 2 is 2.05 bits per heavy atom. The molecule has 8 heteroatoms. The zero-order chi connectivity index (χ0) is 16.8. The summed E-state index contributed by atoms with van der Waals surface area (Å²) in [7, 11) is -4.00. The number of carbonyl (C=O) groups is 1. The van der Waals surface area contributed by atoms with Crippen molar-refractivity contribution in [1.29, 1.82) is 0 Å². The molecule has 0 spiro atoms. The number of hydrogen-bond acceptors (Lipinski definition) is 5. The molecule has 0 aliphatic carbocycles. The van der Waals surface area contributed by atoms with E-state index in [2.05, 4.69) is 0 Å². The predicted molar refractivity (Wildman–Crippen MR) is 81.3 cm³/mol. The van der Waals surface area contributed by atoms with Crippen LogP contribution in [-0.2, 0) is 21.1 Å². The van der Waals surface area contributed by atoms with Crippen molar-refractivity contribution in [2.75, 3.05) is 10.8 Å². The number of benzene rings is 1. The molecule has 1 aromatic carbocycles. The van der Waals surface area contributed by atoms with Crippen LogP contribution >= 0.6 is 0 Å². The molecule has 0 aromatic heterocycles. The van der Waals surface area contributed by atoms with E-state index in [0.29, 0.717) is 23.2 Å². The topological polar surface area (TPSA) is 97.6 Å². The molecule has 7 nitrogen and oxygen atoms in total. The van der Waals surface area contributed by atoms with Gasteiger partial charge >= 0.3 is 5.88 Å². The number of anilines is 1. The monoisotopic (exact) mass is 326 g/mol. The fraction of sp³-hybridized carbons (Fsp3) is 0.500. The second-order valence-electron chi connectivity index (χ2n) is 5.66. The fourth-order valence-corrected chi connectivity index (χ4v) is 4.79. The van der Waals surface area contributed by atoms with Gasteiger partial charge in [-0.15, -0.1) is 0 Å². The van der Waals surface area contributed by atoms with Gasteiger partial charge in [0.2, 0.25) is 15.7 Å². The minimum absolute atomic E-state index is 0.0144. The van der Waals surface area contributed by atoms with Gasteiger partial charge in [-0.1, -0.05) is 0 Å². The molecular weight excluding hydrogens is 308 g/mol. The van der Waals surface area contributed by atoms with Crippen molar-refractivity contribution in [2.24, 2.45) is 0 Å². The van der Waals surface area contributed by atoms with E-state index in [1.165, 1.54) is 6.92 Å². The van der Waals surface area contributed by atoms with Gasteiger partial charge in [0.05, 0.1) is 4.90 Å². The average Bonchev–Trinajstić information content (AvgIpc) is 2.63. The van der Waals surface area contributed by atoms with Gasteiger partial charge in [-0.2, -0.15) is 0 Å². The Kier molecular flexibility index (Phi) is 3.99. The van der Waals surface area contributed by atoms with E-state index in [1.807, 2.05) is 6.92 Å². The zero-order valence-electron chi connectivity index (χ0n) is 12.9. The minimum Gasteiger partial charge on any atom is -0.309 e. The summed E-state index contributed by atoms with van der Waals surface area (Å²) in [4.78, 5) is 23.2. The van der Waals surface area contributed by atoms with E-state index in [9.17, 15) is 23.3 Å². The molecule has 0 N–H and O–H groups in total. The molecule has 0 bridgehead atoms. The van der Waals surface area contributed by atoms with Gasteiger partial charge in [-0.05, 0) is 49.9 Å². The van der Waals surface area contributed by atoms with Crippen molar-refractivity contribution in [2.45, 2.75) is 45.1 Å². The third-order valence-electron chi connectivity index (χ3n) is 3.94. The summed E-state index contributed by atoms with van der Waals surface area (Å²) in [5, 5.41) is 10.6. The largest absolute Gasteiger partial charge is 0.309 e. The van der Waals surface area contributed by atoms with Crippen LogP contribution in [0.15, 0.2) is 11.0 Å². The first-order valence-electron chi connectivity index (χ1n) is 6.83. The number of sulfone groups is 1.